The van der Waals surface area contributed by atoms with E-state index in [2.05, 4.69) is 15.6 Å². The highest BCUT2D eigenvalue weighted by Crippen LogP contribution is 2.49. The molecule has 5 amide bonds. The number of ether oxygens (including phenoxy) is 6. The molecule has 4 aliphatic rings. The maximum absolute atomic E-state index is 14.3. The van der Waals surface area contributed by atoms with E-state index in [1.807, 2.05) is 13.0 Å². The van der Waals surface area contributed by atoms with Crippen LogP contribution in [0.2, 0.25) is 5.02 Å². The number of methoxy groups -OCH3 is 2. The molecule has 376 valence electrons. The highest BCUT2D eigenvalue weighted by Gasteiger charge is 2.64. The topological polar surface area (TPSA) is 234 Å². The summed E-state index contributed by atoms with van der Waals surface area (Å²) < 4.78 is 36.7. The number of rotatable bonds is 17. The number of nitrogens with zero attached hydrogens (tertiary/aromatic N) is 6. The first kappa shape index (κ1) is 53.4. The van der Waals surface area contributed by atoms with Crippen molar-refractivity contribution in [3.8, 4) is 5.75 Å². The Morgan fingerprint density at radius 3 is 2.55 bits per heavy atom. The van der Waals surface area contributed by atoms with E-state index in [4.69, 9.17) is 40.0 Å². The summed E-state index contributed by atoms with van der Waals surface area (Å²) in [5, 5.41) is 22.6. The average Bonchev–Trinajstić information content (AvgIpc) is 3.63. The maximum Gasteiger partial charge on any atom is 0.409 e. The molecule has 6 rings (SSSR count). The van der Waals surface area contributed by atoms with Crippen molar-refractivity contribution in [1.82, 2.24) is 30.1 Å². The van der Waals surface area contributed by atoms with Gasteiger partial charge in [-0.05, 0) is 44.9 Å². The Morgan fingerprint density at radius 2 is 1.84 bits per heavy atom. The number of epoxide rings is 1. The number of carbonyl (C=O) groups excluding carboxylic acids is 6. The van der Waals surface area contributed by atoms with Gasteiger partial charge in [0.15, 0.2) is 5.72 Å². The van der Waals surface area contributed by atoms with Gasteiger partial charge in [-0.3, -0.25) is 29.4 Å². The van der Waals surface area contributed by atoms with Gasteiger partial charge in [0.25, 0.3) is 11.8 Å². The Hall–Kier alpha value is -4.97. The van der Waals surface area contributed by atoms with E-state index in [0.717, 1.165) is 16.0 Å². The summed E-state index contributed by atoms with van der Waals surface area (Å²) in [6.45, 7) is 8.24. The number of halogens is 1. The van der Waals surface area contributed by atoms with Crippen LogP contribution in [-0.2, 0) is 67.2 Å². The predicted molar refractivity (Wildman–Crippen MR) is 256 cm³/mol. The minimum atomic E-state index is -1.86. The first-order valence-corrected chi connectivity index (χ1v) is 25.2. The molecular weight excluding hydrogens is 958 g/mol. The Morgan fingerprint density at radius 1 is 1.12 bits per heavy atom. The standard InChI is InChI=1S/C46H60ClN7O13S2/c1-27-10-9-11-35(63-8)46(61)24-34(65-44(60)48-46)28(2)42-45(4,67-42)36(23-40(58)52(6)32-21-30(20-27)22-33(62-7)41(32)47)66-43(59)29(3)51(5)37(55)14-18-68-69-19-17-64-16-15-53-25-31(49-50-53)26-54-38(56)12-13-39(54)57/h9-13,21-22,25,28-29,34-36,42,61H,14-20,23-24,26H2,1-8H3,(H,48,60)/b11-9+,27-10+/t28-,29+,34+,35-,36+,42+,45+,46+/m1/s1. The van der Waals surface area contributed by atoms with Crippen LogP contribution in [0.15, 0.2) is 54.3 Å². The average molecular weight is 1020 g/mol. The number of nitrogens with one attached hydrogen (secondary N) is 1. The van der Waals surface area contributed by atoms with Gasteiger partial charge in [0.2, 0.25) is 11.8 Å². The van der Waals surface area contributed by atoms with E-state index in [1.54, 1.807) is 63.0 Å². The highest BCUT2D eigenvalue weighted by molar-refractivity contribution is 8.76. The number of amides is 5. The van der Waals surface area contributed by atoms with Gasteiger partial charge in [-0.2, -0.15) is 0 Å². The Kier molecular flexibility index (Phi) is 18.0. The van der Waals surface area contributed by atoms with Crippen molar-refractivity contribution in [2.24, 2.45) is 5.92 Å². The number of hydrogen-bond donors (Lipinski definition) is 2. The normalized spacial score (nSPS) is 27.7. The number of anilines is 1. The molecule has 2 N–H and O–H groups in total. The number of aliphatic hydroxyl groups is 1. The van der Waals surface area contributed by atoms with Gasteiger partial charge in [-0.25, -0.2) is 14.3 Å². The van der Waals surface area contributed by atoms with Crippen molar-refractivity contribution < 1.29 is 62.3 Å². The van der Waals surface area contributed by atoms with Gasteiger partial charge < -0.3 is 43.3 Å². The molecule has 4 bridgehead atoms. The van der Waals surface area contributed by atoms with Crippen molar-refractivity contribution in [2.45, 2.75) is 108 Å². The van der Waals surface area contributed by atoms with Crippen molar-refractivity contribution in [3.63, 3.8) is 0 Å². The van der Waals surface area contributed by atoms with Gasteiger partial charge in [0, 0.05) is 63.6 Å². The first-order chi connectivity index (χ1) is 32.8. The van der Waals surface area contributed by atoms with Crippen LogP contribution in [0.3, 0.4) is 0 Å². The fourth-order valence-corrected chi connectivity index (χ4v) is 10.4. The number of fused-ring (bicyclic) bond motifs is 5. The molecule has 0 spiro atoms. The Balaban J connectivity index is 1.06. The summed E-state index contributed by atoms with van der Waals surface area (Å²) in [5.74, 6) is -1.38. The Bertz CT molecular complexity index is 2330. The number of alkyl carbamates (subject to hydrolysis) is 1. The third-order valence-corrected chi connectivity index (χ3v) is 15.3. The second-order valence-corrected chi connectivity index (χ2v) is 20.6. The van der Waals surface area contributed by atoms with Crippen LogP contribution < -0.4 is 15.0 Å². The summed E-state index contributed by atoms with van der Waals surface area (Å²) in [7, 11) is 9.01. The van der Waals surface area contributed by atoms with E-state index in [9.17, 15) is 33.9 Å². The van der Waals surface area contributed by atoms with Gasteiger partial charge in [0.05, 0.1) is 57.8 Å². The molecule has 8 atom stereocenters. The lowest BCUT2D eigenvalue weighted by Crippen LogP contribution is -2.63. The van der Waals surface area contributed by atoms with Crippen molar-refractivity contribution in [2.75, 3.05) is 57.9 Å². The van der Waals surface area contributed by atoms with Crippen LogP contribution in [-0.4, -0.2) is 160 Å². The number of imide groups is 1. The van der Waals surface area contributed by atoms with E-state index in [1.165, 1.54) is 64.8 Å². The molecule has 2 aromatic rings. The van der Waals surface area contributed by atoms with Crippen molar-refractivity contribution in [1.29, 1.82) is 0 Å². The molecule has 2 fully saturated rings. The van der Waals surface area contributed by atoms with E-state index in [0.29, 0.717) is 54.8 Å². The molecule has 0 unspecified atom stereocenters. The zero-order chi connectivity index (χ0) is 50.2. The summed E-state index contributed by atoms with van der Waals surface area (Å²) >= 11 is 6.80. The van der Waals surface area contributed by atoms with Crippen molar-refractivity contribution in [3.05, 3.63) is 70.6 Å². The monoisotopic (exact) mass is 1020 g/mol. The molecule has 1 aromatic carbocycles. The molecular formula is C46H60ClN7O13S2. The minimum Gasteiger partial charge on any atom is -0.495 e. The fraction of sp³-hybridized carbons (Fsp3) is 0.565. The smallest absolute Gasteiger partial charge is 0.409 e. The summed E-state index contributed by atoms with van der Waals surface area (Å²) in [6, 6.07) is 2.53. The number of hydrogen-bond acceptors (Lipinski definition) is 17. The lowest BCUT2D eigenvalue weighted by Gasteiger charge is -2.42. The molecule has 0 saturated carbocycles. The molecule has 2 saturated heterocycles. The first-order valence-electron chi connectivity index (χ1n) is 22.4. The summed E-state index contributed by atoms with van der Waals surface area (Å²) in [5.41, 5.74) is -0.561. The molecule has 4 aliphatic heterocycles. The number of benzene rings is 1. The van der Waals surface area contributed by atoms with Crippen molar-refractivity contribution >= 4 is 74.6 Å². The third kappa shape index (κ3) is 13.1. The fourth-order valence-electron chi connectivity index (χ4n) is 8.26. The summed E-state index contributed by atoms with van der Waals surface area (Å²) in [6.07, 6.45) is 4.90. The number of esters is 1. The van der Waals surface area contributed by atoms with Gasteiger partial charge in [0.1, 0.15) is 46.4 Å². The number of allylic oxidation sites excluding steroid dienone is 3. The van der Waals surface area contributed by atoms with Crippen LogP contribution in [0.25, 0.3) is 0 Å². The van der Waals surface area contributed by atoms with Crippen LogP contribution in [0.1, 0.15) is 58.2 Å². The predicted octanol–water partition coefficient (Wildman–Crippen LogP) is 4.02. The lowest BCUT2D eigenvalue weighted by atomic mass is 9.83. The molecule has 23 heteroatoms. The maximum atomic E-state index is 14.3. The molecule has 0 radical (unpaired) electrons. The van der Waals surface area contributed by atoms with Crippen LogP contribution in [0.4, 0.5) is 10.5 Å². The highest BCUT2D eigenvalue weighted by atomic mass is 35.5. The number of likely N-dealkylation sites (N-methyl/N-ethyl adjacent to an activating group) is 1. The zero-order valence-electron chi connectivity index (χ0n) is 39.9. The second kappa shape index (κ2) is 23.3. The minimum absolute atomic E-state index is 0.0435. The largest absolute Gasteiger partial charge is 0.495 e. The van der Waals surface area contributed by atoms with Gasteiger partial charge in [-0.1, -0.05) is 69.1 Å². The second-order valence-electron chi connectivity index (χ2n) is 17.5. The Labute approximate surface area is 413 Å². The van der Waals surface area contributed by atoms with E-state index >= 15 is 0 Å². The molecule has 69 heavy (non-hydrogen) atoms. The molecule has 0 aliphatic carbocycles. The molecule has 5 heterocycles. The van der Waals surface area contributed by atoms with Crippen LogP contribution >= 0.6 is 33.2 Å². The number of carbonyl (C=O) groups is 6. The van der Waals surface area contributed by atoms with Crippen LogP contribution in [0, 0.1) is 5.92 Å². The van der Waals surface area contributed by atoms with E-state index < -0.39 is 65.7 Å². The molecule has 1 aromatic heterocycles. The molecule has 20 nitrogen and oxygen atoms in total. The van der Waals surface area contributed by atoms with Gasteiger partial charge in [-0.15, -0.1) is 5.10 Å². The van der Waals surface area contributed by atoms with Crippen LogP contribution in [0.5, 0.6) is 5.75 Å². The number of aromatic nitrogens is 3. The lowest BCUT2D eigenvalue weighted by molar-refractivity contribution is -0.162. The quantitative estimate of drug-likeness (QED) is 0.0749. The SMILES string of the molecule is COc1cc2cc(c1Cl)N(C)C(=O)C[C@H](OC(=O)[C@H](C)N(C)C(=O)CCSSCCOCCn1cc(CN3C(=O)C=CC3=O)nn1)[C@]1(C)O[C@H]1[C@H](C)[C@@H]1C[C@@](O)(NC(=O)O1)[C@H](OC)/C=C/C=C(\C)C2. The van der Waals surface area contributed by atoms with Gasteiger partial charge >= 0.3 is 12.1 Å². The zero-order valence-corrected chi connectivity index (χ0v) is 42.3. The van der Waals surface area contributed by atoms with E-state index in [-0.39, 0.29) is 48.6 Å². The third-order valence-electron chi connectivity index (χ3n) is 12.6. The summed E-state index contributed by atoms with van der Waals surface area (Å²) in [4.78, 5) is 82.0.